The summed E-state index contributed by atoms with van der Waals surface area (Å²) in [4.78, 5) is 23.3. The SMILES string of the molecule is CCCCC[C@H](NC(=O)[C@H](O)[C@@H](N)C(C)C)C(C)=O. The average molecular weight is 272 g/mol. The lowest BCUT2D eigenvalue weighted by Gasteiger charge is -2.24. The van der Waals surface area contributed by atoms with Gasteiger partial charge in [-0.1, -0.05) is 40.0 Å². The fourth-order valence-corrected chi connectivity index (χ4v) is 1.77. The van der Waals surface area contributed by atoms with Crippen LogP contribution in [0, 0.1) is 5.92 Å². The van der Waals surface area contributed by atoms with E-state index in [4.69, 9.17) is 5.73 Å². The molecule has 0 bridgehead atoms. The van der Waals surface area contributed by atoms with Gasteiger partial charge in [-0.2, -0.15) is 0 Å². The van der Waals surface area contributed by atoms with Crippen LogP contribution in [0.1, 0.15) is 53.4 Å². The number of nitrogens with one attached hydrogen (secondary N) is 1. The molecule has 5 nitrogen and oxygen atoms in total. The Morgan fingerprint density at radius 3 is 2.26 bits per heavy atom. The molecule has 0 aliphatic heterocycles. The van der Waals surface area contributed by atoms with Gasteiger partial charge in [0, 0.05) is 6.04 Å². The summed E-state index contributed by atoms with van der Waals surface area (Å²) in [6, 6.07) is -1.14. The minimum absolute atomic E-state index is 0.00313. The summed E-state index contributed by atoms with van der Waals surface area (Å²) >= 11 is 0. The van der Waals surface area contributed by atoms with Crippen LogP contribution in [0.4, 0.5) is 0 Å². The van der Waals surface area contributed by atoms with E-state index in [0.29, 0.717) is 6.42 Å². The van der Waals surface area contributed by atoms with E-state index >= 15 is 0 Å². The van der Waals surface area contributed by atoms with Crippen molar-refractivity contribution in [2.24, 2.45) is 11.7 Å². The number of aliphatic hydroxyl groups is 1. The van der Waals surface area contributed by atoms with E-state index in [0.717, 1.165) is 19.3 Å². The van der Waals surface area contributed by atoms with Gasteiger partial charge >= 0.3 is 0 Å². The van der Waals surface area contributed by atoms with Crippen molar-refractivity contribution in [3.8, 4) is 0 Å². The highest BCUT2D eigenvalue weighted by molar-refractivity contribution is 5.89. The van der Waals surface area contributed by atoms with Gasteiger partial charge in [-0.3, -0.25) is 9.59 Å². The topological polar surface area (TPSA) is 92.4 Å². The van der Waals surface area contributed by atoms with E-state index in [2.05, 4.69) is 12.2 Å². The van der Waals surface area contributed by atoms with Crippen LogP contribution in [-0.4, -0.2) is 35.0 Å². The van der Waals surface area contributed by atoms with Gasteiger partial charge in [0.1, 0.15) is 6.10 Å². The molecule has 0 aliphatic rings. The number of carbonyl (C=O) groups is 2. The first kappa shape index (κ1) is 18.1. The number of ketones is 1. The van der Waals surface area contributed by atoms with Crippen molar-refractivity contribution >= 4 is 11.7 Å². The summed E-state index contributed by atoms with van der Waals surface area (Å²) in [5.74, 6) is -0.649. The Kier molecular flexibility index (Phi) is 8.59. The van der Waals surface area contributed by atoms with Crippen LogP contribution in [0.3, 0.4) is 0 Å². The number of rotatable bonds is 9. The molecule has 1 amide bonds. The normalized spacial score (nSPS) is 15.9. The number of amides is 1. The third-order valence-corrected chi connectivity index (χ3v) is 3.31. The van der Waals surface area contributed by atoms with Gasteiger partial charge in [-0.15, -0.1) is 0 Å². The van der Waals surface area contributed by atoms with Gasteiger partial charge in [-0.25, -0.2) is 0 Å². The standard InChI is InChI=1S/C14H28N2O3/c1-5-6-7-8-11(10(4)17)16-14(19)13(18)12(15)9(2)3/h9,11-13,18H,5-8,15H2,1-4H3,(H,16,19)/t11-,12-,13+/m0/s1. The number of hydrogen-bond donors (Lipinski definition) is 3. The first-order valence-electron chi connectivity index (χ1n) is 7.05. The van der Waals surface area contributed by atoms with E-state index in [9.17, 15) is 14.7 Å². The van der Waals surface area contributed by atoms with Crippen molar-refractivity contribution in [1.29, 1.82) is 0 Å². The lowest BCUT2D eigenvalue weighted by atomic mass is 9.98. The molecule has 0 spiro atoms. The van der Waals surface area contributed by atoms with E-state index in [1.54, 1.807) is 0 Å². The molecule has 4 N–H and O–H groups in total. The van der Waals surface area contributed by atoms with Crippen molar-refractivity contribution in [2.75, 3.05) is 0 Å². The molecule has 0 radical (unpaired) electrons. The van der Waals surface area contributed by atoms with Crippen molar-refractivity contribution in [2.45, 2.75) is 71.6 Å². The first-order valence-corrected chi connectivity index (χ1v) is 7.05. The zero-order valence-electron chi connectivity index (χ0n) is 12.5. The van der Waals surface area contributed by atoms with Gasteiger partial charge in [0.2, 0.25) is 0 Å². The maximum absolute atomic E-state index is 11.8. The Bertz CT molecular complexity index is 292. The molecule has 0 aromatic carbocycles. The van der Waals surface area contributed by atoms with Gasteiger partial charge in [-0.05, 0) is 19.3 Å². The van der Waals surface area contributed by atoms with Gasteiger partial charge in [0.05, 0.1) is 6.04 Å². The molecular formula is C14H28N2O3. The number of hydrogen-bond acceptors (Lipinski definition) is 4. The highest BCUT2D eigenvalue weighted by Gasteiger charge is 2.27. The number of Topliss-reactive ketones (excluding diaryl/α,β-unsaturated/α-hetero) is 1. The van der Waals surface area contributed by atoms with Gasteiger partial charge < -0.3 is 16.2 Å². The quantitative estimate of drug-likeness (QED) is 0.546. The highest BCUT2D eigenvalue weighted by atomic mass is 16.3. The summed E-state index contributed by atoms with van der Waals surface area (Å²) in [6.45, 7) is 7.20. The van der Waals surface area contributed by atoms with Crippen LogP contribution >= 0.6 is 0 Å². The van der Waals surface area contributed by atoms with E-state index in [1.165, 1.54) is 6.92 Å². The van der Waals surface area contributed by atoms with Crippen molar-refractivity contribution < 1.29 is 14.7 Å². The molecule has 0 unspecified atom stereocenters. The van der Waals surface area contributed by atoms with Crippen LogP contribution in [0.2, 0.25) is 0 Å². The second-order valence-electron chi connectivity index (χ2n) is 5.43. The predicted molar refractivity (Wildman–Crippen MR) is 75.6 cm³/mol. The number of unbranched alkanes of at least 4 members (excludes halogenated alkanes) is 2. The van der Waals surface area contributed by atoms with E-state index < -0.39 is 24.1 Å². The minimum Gasteiger partial charge on any atom is -0.382 e. The zero-order valence-corrected chi connectivity index (χ0v) is 12.5. The average Bonchev–Trinajstić information content (AvgIpc) is 2.35. The Hall–Kier alpha value is -0.940. The lowest BCUT2D eigenvalue weighted by molar-refractivity contribution is -0.134. The largest absolute Gasteiger partial charge is 0.382 e. The van der Waals surface area contributed by atoms with Crippen molar-refractivity contribution in [1.82, 2.24) is 5.32 Å². The third kappa shape index (κ3) is 6.68. The molecule has 3 atom stereocenters. The number of aliphatic hydroxyl groups excluding tert-OH is 1. The molecule has 112 valence electrons. The van der Waals surface area contributed by atoms with Crippen LogP contribution in [-0.2, 0) is 9.59 Å². The Balaban J connectivity index is 4.42. The summed E-state index contributed by atoms with van der Waals surface area (Å²) in [5.41, 5.74) is 5.74. The fourth-order valence-electron chi connectivity index (χ4n) is 1.77. The summed E-state index contributed by atoms with van der Waals surface area (Å²) < 4.78 is 0. The summed E-state index contributed by atoms with van der Waals surface area (Å²) in [5, 5.41) is 12.4. The monoisotopic (exact) mass is 272 g/mol. The zero-order chi connectivity index (χ0) is 15.0. The van der Waals surface area contributed by atoms with E-state index in [1.807, 2.05) is 13.8 Å². The molecule has 0 saturated carbocycles. The van der Waals surface area contributed by atoms with Crippen molar-refractivity contribution in [3.05, 3.63) is 0 Å². The Morgan fingerprint density at radius 1 is 1.26 bits per heavy atom. The van der Waals surface area contributed by atoms with Gasteiger partial charge in [0.15, 0.2) is 5.78 Å². The van der Waals surface area contributed by atoms with Crippen LogP contribution in [0.5, 0.6) is 0 Å². The second kappa shape index (κ2) is 9.04. The molecular weight excluding hydrogens is 244 g/mol. The maximum atomic E-state index is 11.8. The molecule has 0 aromatic heterocycles. The lowest BCUT2D eigenvalue weighted by Crippen LogP contribution is -2.52. The minimum atomic E-state index is -1.27. The van der Waals surface area contributed by atoms with Gasteiger partial charge in [0.25, 0.3) is 5.91 Å². The molecule has 0 fully saturated rings. The highest BCUT2D eigenvalue weighted by Crippen LogP contribution is 2.07. The Morgan fingerprint density at radius 2 is 1.84 bits per heavy atom. The summed E-state index contributed by atoms with van der Waals surface area (Å²) in [6.07, 6.45) is 2.30. The molecule has 0 rings (SSSR count). The maximum Gasteiger partial charge on any atom is 0.251 e. The number of carbonyl (C=O) groups excluding carboxylic acids is 2. The number of nitrogens with two attached hydrogens (primary N) is 1. The smallest absolute Gasteiger partial charge is 0.251 e. The molecule has 0 heterocycles. The molecule has 5 heteroatoms. The molecule has 0 aromatic rings. The van der Waals surface area contributed by atoms with Crippen LogP contribution < -0.4 is 11.1 Å². The second-order valence-corrected chi connectivity index (χ2v) is 5.43. The predicted octanol–water partition coefficient (Wildman–Crippen LogP) is 0.985. The van der Waals surface area contributed by atoms with Crippen molar-refractivity contribution in [3.63, 3.8) is 0 Å². The van der Waals surface area contributed by atoms with E-state index in [-0.39, 0.29) is 11.7 Å². The van der Waals surface area contributed by atoms with Crippen LogP contribution in [0.15, 0.2) is 0 Å². The fraction of sp³-hybridized carbons (Fsp3) is 0.857. The molecule has 0 saturated heterocycles. The summed E-state index contributed by atoms with van der Waals surface area (Å²) in [7, 11) is 0. The molecule has 0 aliphatic carbocycles. The van der Waals surface area contributed by atoms with Crippen LogP contribution in [0.25, 0.3) is 0 Å². The first-order chi connectivity index (χ1) is 8.81. The third-order valence-electron chi connectivity index (χ3n) is 3.31. The molecule has 19 heavy (non-hydrogen) atoms. The Labute approximate surface area is 115 Å².